The smallest absolute Gasteiger partial charge is 0.323 e. The second kappa shape index (κ2) is 6.97. The van der Waals surface area contributed by atoms with E-state index in [1.807, 2.05) is 0 Å². The van der Waals surface area contributed by atoms with E-state index in [1.54, 1.807) is 5.48 Å². The zero-order valence-corrected chi connectivity index (χ0v) is 9.90. The highest BCUT2D eigenvalue weighted by atomic mass is 19.1. The molecule has 0 saturated heterocycles. The SMILES string of the molecule is CC(=NCC(F)=CCCC(C)(N)C(=O)O)NO. The standard InChI is InChI=1S/C10H18FN3O3/c1-7(14-17)13-6-8(11)4-3-5-10(2,12)9(15)16/h4,17H,3,5-6,12H2,1-2H3,(H,13,14)(H,15,16). The van der Waals surface area contributed by atoms with Crippen molar-refractivity contribution in [1.29, 1.82) is 0 Å². The van der Waals surface area contributed by atoms with Gasteiger partial charge in [0.2, 0.25) is 0 Å². The summed E-state index contributed by atoms with van der Waals surface area (Å²) in [6, 6.07) is 0. The van der Waals surface area contributed by atoms with Crippen LogP contribution in [0.3, 0.4) is 0 Å². The monoisotopic (exact) mass is 247 g/mol. The summed E-state index contributed by atoms with van der Waals surface area (Å²) < 4.78 is 13.1. The summed E-state index contributed by atoms with van der Waals surface area (Å²) >= 11 is 0. The maximum atomic E-state index is 13.1. The molecule has 0 aromatic heterocycles. The van der Waals surface area contributed by atoms with Crippen molar-refractivity contribution in [3.63, 3.8) is 0 Å². The van der Waals surface area contributed by atoms with Gasteiger partial charge in [0.1, 0.15) is 17.2 Å². The Morgan fingerprint density at radius 3 is 2.71 bits per heavy atom. The van der Waals surface area contributed by atoms with Crippen LogP contribution in [-0.2, 0) is 4.79 Å². The molecule has 98 valence electrons. The van der Waals surface area contributed by atoms with Gasteiger partial charge in [-0.2, -0.15) is 0 Å². The number of nitrogens with two attached hydrogens (primary N) is 1. The number of carboxylic acid groups (broad SMARTS) is 1. The Balaban J connectivity index is 4.13. The average molecular weight is 247 g/mol. The van der Waals surface area contributed by atoms with E-state index in [0.717, 1.165) is 0 Å². The molecule has 0 aliphatic heterocycles. The van der Waals surface area contributed by atoms with Crippen LogP contribution in [0.4, 0.5) is 4.39 Å². The molecule has 1 unspecified atom stereocenters. The minimum Gasteiger partial charge on any atom is -0.480 e. The van der Waals surface area contributed by atoms with E-state index in [0.29, 0.717) is 0 Å². The van der Waals surface area contributed by atoms with Crippen molar-refractivity contribution in [3.8, 4) is 0 Å². The number of carbonyl (C=O) groups is 1. The van der Waals surface area contributed by atoms with Gasteiger partial charge in [-0.15, -0.1) is 0 Å². The number of aliphatic carboxylic acids is 1. The van der Waals surface area contributed by atoms with Crippen LogP contribution < -0.4 is 11.2 Å². The number of nitrogens with zero attached hydrogens (tertiary/aromatic N) is 1. The summed E-state index contributed by atoms with van der Waals surface area (Å²) in [4.78, 5) is 14.3. The minimum atomic E-state index is -1.36. The van der Waals surface area contributed by atoms with Gasteiger partial charge in [0.05, 0.1) is 6.54 Å². The fourth-order valence-electron chi connectivity index (χ4n) is 0.930. The Hall–Kier alpha value is -1.47. The van der Waals surface area contributed by atoms with Crippen molar-refractivity contribution in [2.24, 2.45) is 10.7 Å². The predicted octanol–water partition coefficient (Wildman–Crippen LogP) is 0.819. The van der Waals surface area contributed by atoms with Gasteiger partial charge in [-0.3, -0.25) is 20.5 Å². The molecule has 0 aromatic rings. The quantitative estimate of drug-likeness (QED) is 0.316. The first-order valence-corrected chi connectivity index (χ1v) is 5.07. The molecule has 0 saturated carbocycles. The number of amidine groups is 1. The van der Waals surface area contributed by atoms with Crippen molar-refractivity contribution >= 4 is 11.8 Å². The molecule has 0 aliphatic rings. The molecular weight excluding hydrogens is 229 g/mol. The van der Waals surface area contributed by atoms with E-state index in [9.17, 15) is 9.18 Å². The molecule has 0 bridgehead atoms. The summed E-state index contributed by atoms with van der Waals surface area (Å²) in [7, 11) is 0. The van der Waals surface area contributed by atoms with Crippen molar-refractivity contribution in [1.82, 2.24) is 5.48 Å². The van der Waals surface area contributed by atoms with Crippen LogP contribution in [0.1, 0.15) is 26.7 Å². The van der Waals surface area contributed by atoms with E-state index < -0.39 is 17.3 Å². The number of hydroxylamine groups is 1. The Morgan fingerprint density at radius 2 is 2.24 bits per heavy atom. The zero-order chi connectivity index (χ0) is 13.5. The predicted molar refractivity (Wildman–Crippen MR) is 61.6 cm³/mol. The van der Waals surface area contributed by atoms with Crippen molar-refractivity contribution in [2.45, 2.75) is 32.2 Å². The number of allylic oxidation sites excluding steroid dienone is 1. The number of halogens is 1. The van der Waals surface area contributed by atoms with E-state index >= 15 is 0 Å². The lowest BCUT2D eigenvalue weighted by Crippen LogP contribution is -2.44. The summed E-state index contributed by atoms with van der Waals surface area (Å²) in [6.45, 7) is 2.65. The van der Waals surface area contributed by atoms with Crippen molar-refractivity contribution in [3.05, 3.63) is 11.9 Å². The van der Waals surface area contributed by atoms with Gasteiger partial charge in [0.15, 0.2) is 0 Å². The normalized spacial score (nSPS) is 16.5. The number of hydrogen-bond acceptors (Lipinski definition) is 4. The Morgan fingerprint density at radius 1 is 1.65 bits per heavy atom. The second-order valence-corrected chi connectivity index (χ2v) is 3.93. The summed E-state index contributed by atoms with van der Waals surface area (Å²) in [5, 5.41) is 17.1. The summed E-state index contributed by atoms with van der Waals surface area (Å²) in [5.41, 5.74) is 5.88. The number of nitrogens with one attached hydrogen (secondary N) is 1. The third-order valence-corrected chi connectivity index (χ3v) is 2.15. The third kappa shape index (κ3) is 6.64. The average Bonchev–Trinajstić information content (AvgIpc) is 2.25. The Labute approximate surface area is 99.0 Å². The van der Waals surface area contributed by atoms with Gasteiger partial charge in [0.25, 0.3) is 0 Å². The van der Waals surface area contributed by atoms with Crippen LogP contribution in [0.15, 0.2) is 16.9 Å². The molecule has 0 rings (SSSR count). The molecule has 0 aromatic carbocycles. The van der Waals surface area contributed by atoms with Gasteiger partial charge < -0.3 is 10.8 Å². The topological polar surface area (TPSA) is 108 Å². The maximum absolute atomic E-state index is 13.1. The van der Waals surface area contributed by atoms with Crippen LogP contribution in [0.2, 0.25) is 0 Å². The molecule has 0 heterocycles. The lowest BCUT2D eigenvalue weighted by molar-refractivity contribution is -0.142. The molecule has 0 amide bonds. The number of carboxylic acids is 1. The van der Waals surface area contributed by atoms with Gasteiger partial charge in [-0.05, 0) is 26.7 Å². The minimum absolute atomic E-state index is 0.136. The third-order valence-electron chi connectivity index (χ3n) is 2.15. The van der Waals surface area contributed by atoms with E-state index in [4.69, 9.17) is 16.0 Å². The van der Waals surface area contributed by atoms with Crippen LogP contribution in [0.25, 0.3) is 0 Å². The number of rotatable bonds is 6. The number of hydrogen-bond donors (Lipinski definition) is 4. The van der Waals surface area contributed by atoms with Gasteiger partial charge in [-0.25, -0.2) is 4.39 Å². The lowest BCUT2D eigenvalue weighted by Gasteiger charge is -2.17. The highest BCUT2D eigenvalue weighted by molar-refractivity contribution is 5.78. The highest BCUT2D eigenvalue weighted by Gasteiger charge is 2.26. The zero-order valence-electron chi connectivity index (χ0n) is 9.90. The van der Waals surface area contributed by atoms with Gasteiger partial charge >= 0.3 is 5.97 Å². The van der Waals surface area contributed by atoms with Crippen LogP contribution in [-0.4, -0.2) is 34.2 Å². The second-order valence-electron chi connectivity index (χ2n) is 3.93. The molecule has 7 heteroatoms. The summed E-state index contributed by atoms with van der Waals surface area (Å²) in [6.07, 6.45) is 1.59. The molecule has 0 aliphatic carbocycles. The first kappa shape index (κ1) is 15.5. The molecule has 6 nitrogen and oxygen atoms in total. The van der Waals surface area contributed by atoms with E-state index in [1.165, 1.54) is 19.9 Å². The Kier molecular flexibility index (Phi) is 6.37. The highest BCUT2D eigenvalue weighted by Crippen LogP contribution is 2.11. The maximum Gasteiger partial charge on any atom is 0.323 e. The van der Waals surface area contributed by atoms with Crippen LogP contribution in [0.5, 0.6) is 0 Å². The van der Waals surface area contributed by atoms with Gasteiger partial charge in [0, 0.05) is 0 Å². The first-order chi connectivity index (χ1) is 7.79. The van der Waals surface area contributed by atoms with Crippen LogP contribution >= 0.6 is 0 Å². The van der Waals surface area contributed by atoms with E-state index in [2.05, 4.69) is 4.99 Å². The molecular formula is C10H18FN3O3. The molecule has 0 fully saturated rings. The Bertz CT molecular complexity index is 327. The molecule has 5 N–H and O–H groups in total. The lowest BCUT2D eigenvalue weighted by atomic mass is 9.97. The van der Waals surface area contributed by atoms with Crippen molar-refractivity contribution < 1.29 is 19.5 Å². The number of aliphatic imine (C=N–C) groups is 1. The molecule has 17 heavy (non-hydrogen) atoms. The molecule has 0 spiro atoms. The molecule has 1 atom stereocenters. The van der Waals surface area contributed by atoms with E-state index in [-0.39, 0.29) is 25.2 Å². The first-order valence-electron chi connectivity index (χ1n) is 5.07. The fraction of sp³-hybridized carbons (Fsp3) is 0.600. The van der Waals surface area contributed by atoms with Crippen molar-refractivity contribution in [2.75, 3.05) is 6.54 Å². The fourth-order valence-corrected chi connectivity index (χ4v) is 0.930. The van der Waals surface area contributed by atoms with Crippen LogP contribution in [0, 0.1) is 0 Å². The van der Waals surface area contributed by atoms with Gasteiger partial charge in [-0.1, -0.05) is 6.08 Å². The largest absolute Gasteiger partial charge is 0.480 e. The summed E-state index contributed by atoms with van der Waals surface area (Å²) in [5.74, 6) is -1.42. The molecule has 0 radical (unpaired) electrons.